The van der Waals surface area contributed by atoms with E-state index < -0.39 is 0 Å². The SMILES string of the molecule is C=CC(CC(=O)N(C)CCCCCC(=C)NCCNC)SC. The summed E-state index contributed by atoms with van der Waals surface area (Å²) in [5.74, 6) is 0.206. The minimum Gasteiger partial charge on any atom is -0.388 e. The van der Waals surface area contributed by atoms with Gasteiger partial charge in [-0.3, -0.25) is 4.79 Å². The lowest BCUT2D eigenvalue weighted by Crippen LogP contribution is -2.29. The van der Waals surface area contributed by atoms with E-state index in [1.807, 2.05) is 31.3 Å². The molecular formula is C17H33N3OS. The fourth-order valence-electron chi connectivity index (χ4n) is 2.03. The number of likely N-dealkylation sites (N-methyl/N-ethyl adjacent to an activating group) is 1. The Morgan fingerprint density at radius 1 is 1.32 bits per heavy atom. The normalized spacial score (nSPS) is 11.8. The highest BCUT2D eigenvalue weighted by Crippen LogP contribution is 2.13. The van der Waals surface area contributed by atoms with E-state index in [2.05, 4.69) is 23.8 Å². The van der Waals surface area contributed by atoms with Gasteiger partial charge in [0, 0.05) is 44.0 Å². The standard InChI is InChI=1S/C17H33N3OS/c1-6-16(22-5)14-17(21)20(4)13-9-7-8-10-15(2)19-12-11-18-3/h6,16,18-19H,1-2,7-14H2,3-5H3. The molecule has 0 spiro atoms. The molecule has 4 nitrogen and oxygen atoms in total. The predicted octanol–water partition coefficient (Wildman–Crippen LogP) is 2.64. The van der Waals surface area contributed by atoms with Gasteiger partial charge in [0.15, 0.2) is 0 Å². The van der Waals surface area contributed by atoms with Gasteiger partial charge in [-0.05, 0) is 32.6 Å². The van der Waals surface area contributed by atoms with Crippen molar-refractivity contribution in [2.24, 2.45) is 0 Å². The van der Waals surface area contributed by atoms with Crippen molar-refractivity contribution in [1.82, 2.24) is 15.5 Å². The van der Waals surface area contributed by atoms with Crippen LogP contribution < -0.4 is 10.6 Å². The van der Waals surface area contributed by atoms with Gasteiger partial charge < -0.3 is 15.5 Å². The number of carbonyl (C=O) groups excluding carboxylic acids is 1. The Morgan fingerprint density at radius 3 is 2.64 bits per heavy atom. The zero-order chi connectivity index (χ0) is 16.8. The molecule has 0 aromatic rings. The van der Waals surface area contributed by atoms with Gasteiger partial charge in [0.05, 0.1) is 0 Å². The zero-order valence-electron chi connectivity index (χ0n) is 14.5. The van der Waals surface area contributed by atoms with Crippen LogP contribution >= 0.6 is 11.8 Å². The molecule has 0 aromatic carbocycles. The molecule has 0 aliphatic heterocycles. The summed E-state index contributed by atoms with van der Waals surface area (Å²) in [5, 5.41) is 6.62. The maximum atomic E-state index is 12.0. The molecule has 2 N–H and O–H groups in total. The molecule has 1 unspecified atom stereocenters. The number of thioether (sulfide) groups is 1. The number of hydrogen-bond donors (Lipinski definition) is 2. The molecule has 0 aliphatic carbocycles. The lowest BCUT2D eigenvalue weighted by molar-refractivity contribution is -0.129. The third-order valence-electron chi connectivity index (χ3n) is 3.59. The highest BCUT2D eigenvalue weighted by Gasteiger charge is 2.13. The second-order valence-electron chi connectivity index (χ2n) is 5.47. The Bertz CT molecular complexity index is 334. The smallest absolute Gasteiger partial charge is 0.223 e. The average Bonchev–Trinajstić information content (AvgIpc) is 2.51. The third-order valence-corrected chi connectivity index (χ3v) is 4.55. The van der Waals surface area contributed by atoms with Crippen LogP contribution in [0.4, 0.5) is 0 Å². The highest BCUT2D eigenvalue weighted by atomic mass is 32.2. The lowest BCUT2D eigenvalue weighted by atomic mass is 10.1. The summed E-state index contributed by atoms with van der Waals surface area (Å²) in [5.41, 5.74) is 1.11. The van der Waals surface area contributed by atoms with Crippen molar-refractivity contribution in [1.29, 1.82) is 0 Å². The van der Waals surface area contributed by atoms with E-state index >= 15 is 0 Å². The number of nitrogens with zero attached hydrogens (tertiary/aromatic N) is 1. The molecule has 1 atom stereocenters. The van der Waals surface area contributed by atoms with Crippen molar-refractivity contribution in [2.75, 3.05) is 40.0 Å². The summed E-state index contributed by atoms with van der Waals surface area (Å²) in [6.45, 7) is 10.5. The quantitative estimate of drug-likeness (QED) is 0.380. The maximum absolute atomic E-state index is 12.0. The summed E-state index contributed by atoms with van der Waals surface area (Å²) in [4.78, 5) is 13.9. The molecule has 0 saturated carbocycles. The zero-order valence-corrected chi connectivity index (χ0v) is 15.3. The van der Waals surface area contributed by atoms with Crippen LogP contribution in [-0.2, 0) is 4.79 Å². The Morgan fingerprint density at radius 2 is 2.05 bits per heavy atom. The van der Waals surface area contributed by atoms with E-state index in [4.69, 9.17) is 0 Å². The first-order valence-corrected chi connectivity index (χ1v) is 9.29. The predicted molar refractivity (Wildman–Crippen MR) is 99.3 cm³/mol. The summed E-state index contributed by atoms with van der Waals surface area (Å²) in [7, 11) is 3.83. The number of nitrogens with one attached hydrogen (secondary N) is 2. The fraction of sp³-hybridized carbons (Fsp3) is 0.706. The van der Waals surface area contributed by atoms with Crippen molar-refractivity contribution in [3.8, 4) is 0 Å². The van der Waals surface area contributed by atoms with E-state index in [-0.39, 0.29) is 11.2 Å². The third kappa shape index (κ3) is 10.7. The Balaban J connectivity index is 3.67. The van der Waals surface area contributed by atoms with E-state index in [1.165, 1.54) is 0 Å². The summed E-state index contributed by atoms with van der Waals surface area (Å²) >= 11 is 1.67. The molecule has 0 aliphatic rings. The van der Waals surface area contributed by atoms with Gasteiger partial charge in [0.1, 0.15) is 0 Å². The molecular weight excluding hydrogens is 294 g/mol. The molecule has 1 amide bonds. The molecule has 128 valence electrons. The number of hydrogen-bond acceptors (Lipinski definition) is 4. The molecule has 5 heteroatoms. The van der Waals surface area contributed by atoms with Gasteiger partial charge in [-0.25, -0.2) is 0 Å². The van der Waals surface area contributed by atoms with Crippen LogP contribution in [-0.4, -0.2) is 56.0 Å². The molecule has 0 bridgehead atoms. The average molecular weight is 328 g/mol. The van der Waals surface area contributed by atoms with Crippen LogP contribution in [0.25, 0.3) is 0 Å². The Labute approximate surface area is 140 Å². The Hall–Kier alpha value is -0.940. The minimum atomic E-state index is 0.206. The van der Waals surface area contributed by atoms with Crippen LogP contribution in [0.3, 0.4) is 0 Å². The first-order valence-electron chi connectivity index (χ1n) is 8.00. The van der Waals surface area contributed by atoms with Crippen molar-refractivity contribution in [3.63, 3.8) is 0 Å². The van der Waals surface area contributed by atoms with E-state index in [1.54, 1.807) is 11.8 Å². The first-order chi connectivity index (χ1) is 10.5. The minimum absolute atomic E-state index is 0.206. The summed E-state index contributed by atoms with van der Waals surface area (Å²) in [6, 6.07) is 0. The largest absolute Gasteiger partial charge is 0.388 e. The van der Waals surface area contributed by atoms with Gasteiger partial charge in [0.25, 0.3) is 0 Å². The molecule has 0 radical (unpaired) electrons. The molecule has 0 fully saturated rings. The molecule has 0 saturated heterocycles. The molecule has 0 rings (SSSR count). The monoisotopic (exact) mass is 327 g/mol. The second-order valence-corrected chi connectivity index (χ2v) is 6.55. The molecule has 0 aromatic heterocycles. The molecule has 0 heterocycles. The van der Waals surface area contributed by atoms with Crippen LogP contribution in [0.15, 0.2) is 24.9 Å². The lowest BCUT2D eigenvalue weighted by Gasteiger charge is -2.19. The number of amides is 1. The fourth-order valence-corrected chi connectivity index (χ4v) is 2.53. The number of unbranched alkanes of at least 4 members (excludes halogenated alkanes) is 2. The summed E-state index contributed by atoms with van der Waals surface area (Å²) in [6.07, 6.45) is 8.70. The maximum Gasteiger partial charge on any atom is 0.223 e. The molecule has 22 heavy (non-hydrogen) atoms. The van der Waals surface area contributed by atoms with Crippen LogP contribution in [0.5, 0.6) is 0 Å². The van der Waals surface area contributed by atoms with Gasteiger partial charge in [-0.15, -0.1) is 6.58 Å². The van der Waals surface area contributed by atoms with Crippen LogP contribution in [0.2, 0.25) is 0 Å². The van der Waals surface area contributed by atoms with Crippen LogP contribution in [0.1, 0.15) is 32.1 Å². The van der Waals surface area contributed by atoms with Crippen molar-refractivity contribution in [3.05, 3.63) is 24.9 Å². The highest BCUT2D eigenvalue weighted by molar-refractivity contribution is 7.99. The van der Waals surface area contributed by atoms with E-state index in [9.17, 15) is 4.79 Å². The van der Waals surface area contributed by atoms with Crippen molar-refractivity contribution in [2.45, 2.75) is 37.4 Å². The van der Waals surface area contributed by atoms with Gasteiger partial charge in [-0.2, -0.15) is 11.8 Å². The van der Waals surface area contributed by atoms with Crippen LogP contribution in [0, 0.1) is 0 Å². The van der Waals surface area contributed by atoms with E-state index in [0.29, 0.717) is 6.42 Å². The Kier molecular flexibility index (Phi) is 13.1. The number of allylic oxidation sites excluding steroid dienone is 1. The number of rotatable bonds is 14. The topological polar surface area (TPSA) is 44.4 Å². The van der Waals surface area contributed by atoms with Gasteiger partial charge in [0.2, 0.25) is 5.91 Å². The first kappa shape index (κ1) is 21.1. The van der Waals surface area contributed by atoms with Gasteiger partial charge >= 0.3 is 0 Å². The number of carbonyl (C=O) groups is 1. The van der Waals surface area contributed by atoms with Gasteiger partial charge in [-0.1, -0.05) is 19.1 Å². The van der Waals surface area contributed by atoms with E-state index in [0.717, 1.165) is 51.0 Å². The van der Waals surface area contributed by atoms with Crippen molar-refractivity contribution >= 4 is 17.7 Å². The van der Waals surface area contributed by atoms with Crippen molar-refractivity contribution < 1.29 is 4.79 Å². The second kappa shape index (κ2) is 13.7. The summed E-state index contributed by atoms with van der Waals surface area (Å²) < 4.78 is 0.